The van der Waals surface area contributed by atoms with Gasteiger partial charge in [0.05, 0.1) is 0 Å². The highest BCUT2D eigenvalue weighted by Crippen LogP contribution is 2.29. The molecule has 0 bridgehead atoms. The fraction of sp³-hybridized carbons (Fsp3) is 0.600. The Bertz CT molecular complexity index is 295. The van der Waals surface area contributed by atoms with Crippen LogP contribution in [0.2, 0.25) is 0 Å². The summed E-state index contributed by atoms with van der Waals surface area (Å²) in [6.07, 6.45) is 6.33. The van der Waals surface area contributed by atoms with E-state index in [1.54, 1.807) is 0 Å². The Morgan fingerprint density at radius 3 is 2.57 bits per heavy atom. The number of hydrogen-bond donors (Lipinski definition) is 0. The molecule has 0 spiro atoms. The lowest BCUT2D eigenvalue weighted by Gasteiger charge is -2.20. The molecule has 0 unspecified atom stereocenters. The number of hydrogen-bond acceptors (Lipinski definition) is 3. The van der Waals surface area contributed by atoms with Crippen LogP contribution in [-0.2, 0) is 0 Å². The van der Waals surface area contributed by atoms with Crippen LogP contribution in [0.3, 0.4) is 0 Å². The van der Waals surface area contributed by atoms with Crippen LogP contribution in [0, 0.1) is 6.92 Å². The average Bonchev–Trinajstić information content (AvgIpc) is 2.99. The maximum absolute atomic E-state index is 4.35. The SMILES string of the molecule is Cc1cnc(N(CCBr)C2CC2)nc1. The third-order valence-electron chi connectivity index (χ3n) is 2.34. The van der Waals surface area contributed by atoms with Crippen molar-refractivity contribution in [2.24, 2.45) is 0 Å². The minimum absolute atomic E-state index is 0.676. The first-order valence-electron chi connectivity index (χ1n) is 4.92. The van der Waals surface area contributed by atoms with E-state index in [-0.39, 0.29) is 0 Å². The summed E-state index contributed by atoms with van der Waals surface area (Å²) in [5.74, 6) is 0.873. The maximum Gasteiger partial charge on any atom is 0.225 e. The van der Waals surface area contributed by atoms with E-state index in [2.05, 4.69) is 30.8 Å². The van der Waals surface area contributed by atoms with Gasteiger partial charge in [0.1, 0.15) is 0 Å². The first-order chi connectivity index (χ1) is 6.81. The largest absolute Gasteiger partial charge is 0.337 e. The number of aryl methyl sites for hydroxylation is 1. The highest BCUT2D eigenvalue weighted by molar-refractivity contribution is 9.09. The summed E-state index contributed by atoms with van der Waals surface area (Å²) >= 11 is 3.46. The number of aromatic nitrogens is 2. The summed E-state index contributed by atoms with van der Waals surface area (Å²) in [4.78, 5) is 11.0. The van der Waals surface area contributed by atoms with Crippen LogP contribution in [0.15, 0.2) is 12.4 Å². The third kappa shape index (κ3) is 2.23. The molecule has 0 amide bonds. The predicted octanol–water partition coefficient (Wildman–Crippen LogP) is 2.15. The molecule has 2 rings (SSSR count). The summed E-state index contributed by atoms with van der Waals surface area (Å²) < 4.78 is 0. The van der Waals surface area contributed by atoms with E-state index in [0.717, 1.165) is 23.4 Å². The Morgan fingerprint density at radius 1 is 1.43 bits per heavy atom. The van der Waals surface area contributed by atoms with E-state index in [1.807, 2.05) is 19.3 Å². The van der Waals surface area contributed by atoms with Crippen LogP contribution in [0.25, 0.3) is 0 Å². The van der Waals surface area contributed by atoms with E-state index < -0.39 is 0 Å². The van der Waals surface area contributed by atoms with Crippen LogP contribution in [0.4, 0.5) is 5.95 Å². The minimum Gasteiger partial charge on any atom is -0.337 e. The number of halogens is 1. The van der Waals surface area contributed by atoms with Crippen molar-refractivity contribution in [2.45, 2.75) is 25.8 Å². The van der Waals surface area contributed by atoms with Crippen molar-refractivity contribution in [3.05, 3.63) is 18.0 Å². The van der Waals surface area contributed by atoms with E-state index in [9.17, 15) is 0 Å². The zero-order valence-corrected chi connectivity index (χ0v) is 9.87. The molecule has 1 heterocycles. The van der Waals surface area contributed by atoms with Gasteiger partial charge < -0.3 is 4.90 Å². The molecule has 4 heteroatoms. The molecule has 1 aliphatic carbocycles. The van der Waals surface area contributed by atoms with E-state index in [0.29, 0.717) is 6.04 Å². The third-order valence-corrected chi connectivity index (χ3v) is 2.69. The fourth-order valence-electron chi connectivity index (χ4n) is 1.46. The highest BCUT2D eigenvalue weighted by atomic mass is 79.9. The number of alkyl halides is 1. The monoisotopic (exact) mass is 255 g/mol. The van der Waals surface area contributed by atoms with Gasteiger partial charge in [-0.1, -0.05) is 15.9 Å². The molecule has 0 atom stereocenters. The Labute approximate surface area is 92.7 Å². The van der Waals surface area contributed by atoms with Crippen molar-refractivity contribution in [1.82, 2.24) is 9.97 Å². The van der Waals surface area contributed by atoms with Crippen molar-refractivity contribution < 1.29 is 0 Å². The minimum atomic E-state index is 0.676. The molecule has 0 aliphatic heterocycles. The van der Waals surface area contributed by atoms with Crippen molar-refractivity contribution in [3.63, 3.8) is 0 Å². The Hall–Kier alpha value is -0.640. The second kappa shape index (κ2) is 4.26. The van der Waals surface area contributed by atoms with Crippen LogP contribution in [-0.4, -0.2) is 27.9 Å². The van der Waals surface area contributed by atoms with Crippen molar-refractivity contribution in [2.75, 3.05) is 16.8 Å². The van der Waals surface area contributed by atoms with Crippen LogP contribution >= 0.6 is 15.9 Å². The molecule has 76 valence electrons. The van der Waals surface area contributed by atoms with Crippen molar-refractivity contribution in [1.29, 1.82) is 0 Å². The van der Waals surface area contributed by atoms with Crippen molar-refractivity contribution >= 4 is 21.9 Å². The summed E-state index contributed by atoms with van der Waals surface area (Å²) in [5.41, 5.74) is 1.11. The molecular weight excluding hydrogens is 242 g/mol. The van der Waals surface area contributed by atoms with Crippen LogP contribution < -0.4 is 4.90 Å². The second-order valence-electron chi connectivity index (χ2n) is 3.67. The molecule has 1 aromatic heterocycles. The van der Waals surface area contributed by atoms with Gasteiger partial charge in [0.15, 0.2) is 0 Å². The molecular formula is C10H14BrN3. The molecule has 0 N–H and O–H groups in total. The lowest BCUT2D eigenvalue weighted by Crippen LogP contribution is -2.29. The number of rotatable bonds is 4. The highest BCUT2D eigenvalue weighted by Gasteiger charge is 2.30. The zero-order valence-electron chi connectivity index (χ0n) is 8.28. The molecule has 0 aromatic carbocycles. The standard InChI is InChI=1S/C10H14BrN3/c1-8-6-12-10(13-7-8)14(5-4-11)9-2-3-9/h6-7,9H,2-5H2,1H3. The van der Waals surface area contributed by atoms with Crippen molar-refractivity contribution in [3.8, 4) is 0 Å². The van der Waals surface area contributed by atoms with Gasteiger partial charge >= 0.3 is 0 Å². The smallest absolute Gasteiger partial charge is 0.225 e. The quantitative estimate of drug-likeness (QED) is 0.773. The van der Waals surface area contributed by atoms with E-state index in [4.69, 9.17) is 0 Å². The second-order valence-corrected chi connectivity index (χ2v) is 4.47. The molecule has 1 aromatic rings. The lowest BCUT2D eigenvalue weighted by molar-refractivity contribution is 0.791. The Balaban J connectivity index is 2.13. The summed E-state index contributed by atoms with van der Waals surface area (Å²) in [7, 11) is 0. The van der Waals surface area contributed by atoms with Crippen LogP contribution in [0.1, 0.15) is 18.4 Å². The van der Waals surface area contributed by atoms with Crippen LogP contribution in [0.5, 0.6) is 0 Å². The molecule has 1 aliphatic rings. The van der Waals surface area contributed by atoms with E-state index in [1.165, 1.54) is 12.8 Å². The molecule has 0 radical (unpaired) electrons. The van der Waals surface area contributed by atoms with Gasteiger partial charge in [-0.25, -0.2) is 9.97 Å². The molecule has 3 nitrogen and oxygen atoms in total. The zero-order chi connectivity index (χ0) is 9.97. The summed E-state index contributed by atoms with van der Waals surface area (Å²) in [5, 5.41) is 0.973. The van der Waals surface area contributed by atoms with Gasteiger partial charge in [0, 0.05) is 30.3 Å². The first kappa shape index (κ1) is 9.90. The van der Waals surface area contributed by atoms with Gasteiger partial charge in [-0.3, -0.25) is 0 Å². The van der Waals surface area contributed by atoms with Gasteiger partial charge in [-0.05, 0) is 25.3 Å². The van der Waals surface area contributed by atoms with Gasteiger partial charge in [-0.15, -0.1) is 0 Å². The topological polar surface area (TPSA) is 29.0 Å². The maximum atomic E-state index is 4.35. The Morgan fingerprint density at radius 2 is 2.07 bits per heavy atom. The lowest BCUT2D eigenvalue weighted by atomic mass is 10.4. The predicted molar refractivity (Wildman–Crippen MR) is 60.9 cm³/mol. The van der Waals surface area contributed by atoms with Gasteiger partial charge in [-0.2, -0.15) is 0 Å². The first-order valence-corrected chi connectivity index (χ1v) is 6.04. The molecule has 0 saturated heterocycles. The summed E-state index contributed by atoms with van der Waals surface area (Å²) in [6.45, 7) is 3.00. The number of nitrogens with zero attached hydrogens (tertiary/aromatic N) is 3. The van der Waals surface area contributed by atoms with Gasteiger partial charge in [0.2, 0.25) is 5.95 Å². The number of anilines is 1. The normalized spacial score (nSPS) is 15.6. The van der Waals surface area contributed by atoms with Gasteiger partial charge in [0.25, 0.3) is 0 Å². The fourth-order valence-corrected chi connectivity index (χ4v) is 1.84. The molecule has 1 saturated carbocycles. The summed E-state index contributed by atoms with van der Waals surface area (Å²) in [6, 6.07) is 0.676. The Kier molecular flexibility index (Phi) is 3.01. The molecule has 1 fully saturated rings. The average molecular weight is 256 g/mol. The molecule has 14 heavy (non-hydrogen) atoms. The van der Waals surface area contributed by atoms with E-state index >= 15 is 0 Å².